The monoisotopic (exact) mass is 202 g/mol. The molecule has 0 saturated heterocycles. The molecule has 70 valence electrons. The zero-order chi connectivity index (χ0) is 7.28. The smallest absolute Gasteiger partial charge is 0.305 e. The quantitative estimate of drug-likeness (QED) is 0.658. The van der Waals surface area contributed by atoms with Gasteiger partial charge in [-0.15, -0.1) is 24.8 Å². The third kappa shape index (κ3) is 13.1. The van der Waals surface area contributed by atoms with E-state index in [1.165, 1.54) is 7.11 Å². The summed E-state index contributed by atoms with van der Waals surface area (Å²) in [5, 5.41) is 0. The van der Waals surface area contributed by atoms with E-state index in [4.69, 9.17) is 0 Å². The van der Waals surface area contributed by atoms with Crippen LogP contribution in [0.5, 0.6) is 0 Å². The van der Waals surface area contributed by atoms with Gasteiger partial charge in [0, 0.05) is 6.42 Å². The molecule has 0 amide bonds. The molecule has 4 heteroatoms. The van der Waals surface area contributed by atoms with Crippen molar-refractivity contribution < 1.29 is 9.53 Å². The SMILES string of the molecule is COC(=O)CCC(C)C.Cl.Cl. The lowest BCUT2D eigenvalue weighted by molar-refractivity contribution is -0.140. The van der Waals surface area contributed by atoms with Crippen LogP contribution in [0.1, 0.15) is 26.7 Å². The minimum absolute atomic E-state index is 0. The number of halogens is 2. The third-order valence-electron chi connectivity index (χ3n) is 1.15. The number of hydrogen-bond acceptors (Lipinski definition) is 2. The molecule has 0 heterocycles. The van der Waals surface area contributed by atoms with Crippen molar-refractivity contribution in [2.45, 2.75) is 26.7 Å². The van der Waals surface area contributed by atoms with Gasteiger partial charge in [0.25, 0.3) is 0 Å². The van der Waals surface area contributed by atoms with Crippen molar-refractivity contribution in [3.05, 3.63) is 0 Å². The first-order chi connectivity index (χ1) is 4.16. The molecule has 0 rings (SSSR count). The molecular weight excluding hydrogens is 187 g/mol. The van der Waals surface area contributed by atoms with Crippen molar-refractivity contribution in [2.75, 3.05) is 7.11 Å². The van der Waals surface area contributed by atoms with Gasteiger partial charge in [0.05, 0.1) is 7.11 Å². The largest absolute Gasteiger partial charge is 0.469 e. The number of ether oxygens (including phenoxy) is 1. The number of carbonyl (C=O) groups is 1. The van der Waals surface area contributed by atoms with Crippen molar-refractivity contribution in [3.8, 4) is 0 Å². The fourth-order valence-corrected chi connectivity index (χ4v) is 0.509. The lowest BCUT2D eigenvalue weighted by Gasteiger charge is -2.00. The molecule has 0 aromatic rings. The van der Waals surface area contributed by atoms with E-state index < -0.39 is 0 Å². The van der Waals surface area contributed by atoms with E-state index >= 15 is 0 Å². The molecular formula is C7H16Cl2O2. The Balaban J connectivity index is -0.000000320. The van der Waals surface area contributed by atoms with Crippen molar-refractivity contribution in [2.24, 2.45) is 5.92 Å². The Morgan fingerprint density at radius 2 is 1.82 bits per heavy atom. The zero-order valence-corrected chi connectivity index (χ0v) is 8.76. The Bertz CT molecular complexity index is 94.4. The molecule has 0 aliphatic heterocycles. The molecule has 0 bridgehead atoms. The molecule has 0 atom stereocenters. The first-order valence-corrected chi connectivity index (χ1v) is 3.23. The number of hydrogen-bond donors (Lipinski definition) is 0. The van der Waals surface area contributed by atoms with Gasteiger partial charge in [0.2, 0.25) is 0 Å². The fourth-order valence-electron chi connectivity index (χ4n) is 0.509. The highest BCUT2D eigenvalue weighted by Crippen LogP contribution is 2.03. The summed E-state index contributed by atoms with van der Waals surface area (Å²) in [7, 11) is 1.42. The number of esters is 1. The maximum atomic E-state index is 10.5. The van der Waals surface area contributed by atoms with Crippen LogP contribution >= 0.6 is 24.8 Å². The van der Waals surface area contributed by atoms with Crippen LogP contribution in [-0.4, -0.2) is 13.1 Å². The summed E-state index contributed by atoms with van der Waals surface area (Å²) in [5.74, 6) is 0.479. The van der Waals surface area contributed by atoms with Gasteiger partial charge in [0.1, 0.15) is 0 Å². The van der Waals surface area contributed by atoms with Crippen LogP contribution < -0.4 is 0 Å². The molecule has 0 saturated carbocycles. The molecule has 0 radical (unpaired) electrons. The molecule has 0 aliphatic carbocycles. The first kappa shape index (κ1) is 17.2. The second-order valence-electron chi connectivity index (χ2n) is 2.51. The van der Waals surface area contributed by atoms with Gasteiger partial charge in [-0.1, -0.05) is 13.8 Å². The highest BCUT2D eigenvalue weighted by atomic mass is 35.5. The van der Waals surface area contributed by atoms with Crippen molar-refractivity contribution in [3.63, 3.8) is 0 Å². The average molecular weight is 203 g/mol. The van der Waals surface area contributed by atoms with Crippen LogP contribution in [0.4, 0.5) is 0 Å². The lowest BCUT2D eigenvalue weighted by Crippen LogP contribution is -2.01. The summed E-state index contributed by atoms with van der Waals surface area (Å²) < 4.78 is 4.46. The van der Waals surface area contributed by atoms with Crippen LogP contribution in [0.15, 0.2) is 0 Å². The second kappa shape index (κ2) is 10.0. The molecule has 0 aromatic carbocycles. The minimum Gasteiger partial charge on any atom is -0.469 e. The van der Waals surface area contributed by atoms with Crippen LogP contribution in [-0.2, 0) is 9.53 Å². The zero-order valence-electron chi connectivity index (χ0n) is 7.12. The highest BCUT2D eigenvalue weighted by Gasteiger charge is 2.00. The Morgan fingerprint density at radius 3 is 2.09 bits per heavy atom. The number of rotatable bonds is 3. The summed E-state index contributed by atoms with van der Waals surface area (Å²) in [6, 6.07) is 0. The van der Waals surface area contributed by atoms with E-state index in [1.54, 1.807) is 0 Å². The van der Waals surface area contributed by atoms with Crippen molar-refractivity contribution in [1.82, 2.24) is 0 Å². The average Bonchev–Trinajstić information content (AvgIpc) is 1.83. The summed E-state index contributed by atoms with van der Waals surface area (Å²) in [6.45, 7) is 4.17. The van der Waals surface area contributed by atoms with E-state index in [0.29, 0.717) is 12.3 Å². The number of carbonyl (C=O) groups excluding carboxylic acids is 1. The standard InChI is InChI=1S/C7H14O2.2ClH/c1-6(2)4-5-7(8)9-3;;/h6H,4-5H2,1-3H3;2*1H. The Kier molecular flexibility index (Phi) is 15.7. The van der Waals surface area contributed by atoms with Crippen LogP contribution in [0, 0.1) is 5.92 Å². The third-order valence-corrected chi connectivity index (χ3v) is 1.15. The maximum Gasteiger partial charge on any atom is 0.305 e. The minimum atomic E-state index is -0.108. The predicted octanol–water partition coefficient (Wildman–Crippen LogP) is 2.44. The second-order valence-corrected chi connectivity index (χ2v) is 2.51. The van der Waals surface area contributed by atoms with E-state index in [-0.39, 0.29) is 30.8 Å². The molecule has 0 aromatic heterocycles. The van der Waals surface area contributed by atoms with Gasteiger partial charge in [0.15, 0.2) is 0 Å². The fraction of sp³-hybridized carbons (Fsp3) is 0.857. The van der Waals surface area contributed by atoms with Gasteiger partial charge < -0.3 is 4.74 Å². The molecule has 0 aliphatic rings. The van der Waals surface area contributed by atoms with Gasteiger partial charge >= 0.3 is 5.97 Å². The Morgan fingerprint density at radius 1 is 1.36 bits per heavy atom. The highest BCUT2D eigenvalue weighted by molar-refractivity contribution is 5.85. The van der Waals surface area contributed by atoms with Gasteiger partial charge in [-0.3, -0.25) is 4.79 Å². The predicted molar refractivity (Wildman–Crippen MR) is 50.6 cm³/mol. The topological polar surface area (TPSA) is 26.3 Å². The lowest BCUT2D eigenvalue weighted by atomic mass is 10.1. The summed E-state index contributed by atoms with van der Waals surface area (Å²) >= 11 is 0. The van der Waals surface area contributed by atoms with Gasteiger partial charge in [-0.2, -0.15) is 0 Å². The molecule has 0 unspecified atom stereocenters. The van der Waals surface area contributed by atoms with Crippen LogP contribution in [0.3, 0.4) is 0 Å². The Hall–Kier alpha value is 0.0500. The van der Waals surface area contributed by atoms with E-state index in [1.807, 2.05) is 0 Å². The van der Waals surface area contributed by atoms with E-state index in [9.17, 15) is 4.79 Å². The van der Waals surface area contributed by atoms with Crippen LogP contribution in [0.25, 0.3) is 0 Å². The summed E-state index contributed by atoms with van der Waals surface area (Å²) in [4.78, 5) is 10.5. The number of methoxy groups -OCH3 is 1. The van der Waals surface area contributed by atoms with Crippen molar-refractivity contribution in [1.29, 1.82) is 0 Å². The molecule has 0 spiro atoms. The molecule has 0 fully saturated rings. The summed E-state index contributed by atoms with van der Waals surface area (Å²) in [5.41, 5.74) is 0. The Labute approximate surface area is 80.5 Å². The molecule has 0 N–H and O–H groups in total. The normalized spacial score (nSPS) is 8.00. The molecule has 11 heavy (non-hydrogen) atoms. The van der Waals surface area contributed by atoms with Gasteiger partial charge in [-0.05, 0) is 12.3 Å². The molecule has 2 nitrogen and oxygen atoms in total. The van der Waals surface area contributed by atoms with Crippen molar-refractivity contribution >= 4 is 30.8 Å². The van der Waals surface area contributed by atoms with Crippen LogP contribution in [0.2, 0.25) is 0 Å². The van der Waals surface area contributed by atoms with E-state index in [2.05, 4.69) is 18.6 Å². The van der Waals surface area contributed by atoms with Gasteiger partial charge in [-0.25, -0.2) is 0 Å². The summed E-state index contributed by atoms with van der Waals surface area (Å²) in [6.07, 6.45) is 1.47. The maximum absolute atomic E-state index is 10.5. The first-order valence-electron chi connectivity index (χ1n) is 3.23. The van der Waals surface area contributed by atoms with E-state index in [0.717, 1.165) is 6.42 Å².